The first kappa shape index (κ1) is 22.9. The minimum absolute atomic E-state index is 0. The van der Waals surface area contributed by atoms with E-state index in [9.17, 15) is 0 Å². The topological polar surface area (TPSA) is 30.0 Å². The second-order valence-corrected chi connectivity index (χ2v) is 7.64. The van der Waals surface area contributed by atoms with E-state index in [4.69, 9.17) is 22.4 Å². The SMILES string of the molecule is C[C-]=O.[S-]C1c2ccccc2Cc2ccc(Cc3ccc4ccccc4n3)cc21.[Y]. The van der Waals surface area contributed by atoms with Gasteiger partial charge in [-0.25, -0.2) is 0 Å². The third kappa shape index (κ3) is 4.91. The van der Waals surface area contributed by atoms with Crippen molar-refractivity contribution >= 4 is 29.8 Å². The average Bonchev–Trinajstić information content (AvgIpc) is 2.75. The van der Waals surface area contributed by atoms with E-state index in [0.717, 1.165) is 24.1 Å². The van der Waals surface area contributed by atoms with Crippen LogP contribution >= 0.6 is 0 Å². The van der Waals surface area contributed by atoms with Crippen LogP contribution in [-0.2, 0) is 63.0 Å². The number of benzene rings is 3. The molecular weight excluding hydrogens is 463 g/mol. The van der Waals surface area contributed by atoms with Gasteiger partial charge in [0.25, 0.3) is 0 Å². The molecule has 3 aromatic carbocycles. The van der Waals surface area contributed by atoms with Crippen molar-refractivity contribution in [1.82, 2.24) is 4.98 Å². The number of hydrogen-bond acceptors (Lipinski definition) is 3. The maximum absolute atomic E-state index is 8.68. The summed E-state index contributed by atoms with van der Waals surface area (Å²) in [6.07, 6.45) is 3.31. The molecule has 5 rings (SSSR count). The third-order valence-electron chi connectivity index (χ3n) is 5.25. The first-order valence-corrected chi connectivity index (χ1v) is 10.2. The summed E-state index contributed by atoms with van der Waals surface area (Å²) < 4.78 is 0. The molecule has 30 heavy (non-hydrogen) atoms. The predicted molar refractivity (Wildman–Crippen MR) is 121 cm³/mol. The Morgan fingerprint density at radius 3 is 2.47 bits per heavy atom. The van der Waals surface area contributed by atoms with Crippen LogP contribution in [0.25, 0.3) is 10.9 Å². The van der Waals surface area contributed by atoms with Crippen molar-refractivity contribution in [2.45, 2.75) is 25.0 Å². The molecule has 0 fully saturated rings. The Balaban J connectivity index is 0.000000606. The van der Waals surface area contributed by atoms with E-state index in [-0.39, 0.29) is 38.0 Å². The van der Waals surface area contributed by atoms with Crippen molar-refractivity contribution in [3.05, 3.63) is 112 Å². The summed E-state index contributed by atoms with van der Waals surface area (Å²) in [5.74, 6) is 0. The quantitative estimate of drug-likeness (QED) is 0.279. The molecular formula is C26H21NOSY-2. The van der Waals surface area contributed by atoms with Crippen molar-refractivity contribution in [3.8, 4) is 0 Å². The van der Waals surface area contributed by atoms with E-state index >= 15 is 0 Å². The summed E-state index contributed by atoms with van der Waals surface area (Å²) in [6.45, 7) is 1.32. The molecule has 1 atom stereocenters. The Labute approximate surface area is 208 Å². The van der Waals surface area contributed by atoms with Gasteiger partial charge in [0.05, 0.1) is 5.52 Å². The van der Waals surface area contributed by atoms with Gasteiger partial charge in [0.2, 0.25) is 0 Å². The molecule has 1 heterocycles. The van der Waals surface area contributed by atoms with Crippen LogP contribution in [0.1, 0.15) is 45.7 Å². The Morgan fingerprint density at radius 2 is 1.63 bits per heavy atom. The minimum Gasteiger partial charge on any atom is -0.780 e. The molecule has 1 unspecified atom stereocenters. The van der Waals surface area contributed by atoms with E-state index in [0.29, 0.717) is 0 Å². The second kappa shape index (κ2) is 10.5. The second-order valence-electron chi connectivity index (χ2n) is 7.16. The Bertz CT molecular complexity index is 1170. The molecule has 0 aliphatic heterocycles. The van der Waals surface area contributed by atoms with E-state index < -0.39 is 0 Å². The fraction of sp³-hybridized carbons (Fsp3) is 0.154. The van der Waals surface area contributed by atoms with Gasteiger partial charge in [-0.2, -0.15) is 6.92 Å². The summed E-state index contributed by atoms with van der Waals surface area (Å²) in [5.41, 5.74) is 8.73. The molecule has 4 heteroatoms. The van der Waals surface area contributed by atoms with Crippen LogP contribution in [0, 0.1) is 0 Å². The number of fused-ring (bicyclic) bond motifs is 3. The number of pyridine rings is 1. The molecule has 1 aromatic heterocycles. The zero-order valence-electron chi connectivity index (χ0n) is 16.8. The molecule has 1 radical (unpaired) electrons. The molecule has 0 bridgehead atoms. The molecule has 0 saturated heterocycles. The Hall–Kier alpha value is -1.81. The molecule has 0 spiro atoms. The fourth-order valence-corrected chi connectivity index (χ4v) is 4.35. The van der Waals surface area contributed by atoms with Gasteiger partial charge >= 0.3 is 0 Å². The van der Waals surface area contributed by atoms with E-state index in [2.05, 4.69) is 72.8 Å². The van der Waals surface area contributed by atoms with Gasteiger partial charge in [-0.3, -0.25) is 11.3 Å². The van der Waals surface area contributed by atoms with Crippen LogP contribution in [0.3, 0.4) is 0 Å². The van der Waals surface area contributed by atoms with Crippen molar-refractivity contribution in [2.75, 3.05) is 0 Å². The number of nitrogens with zero attached hydrogens (tertiary/aromatic N) is 1. The van der Waals surface area contributed by atoms with Gasteiger partial charge in [0.15, 0.2) is 0 Å². The molecule has 0 N–H and O–H groups in total. The van der Waals surface area contributed by atoms with Crippen LogP contribution in [0.2, 0.25) is 0 Å². The maximum Gasteiger partial charge on any atom is 0.0705 e. The number of aromatic nitrogens is 1. The zero-order chi connectivity index (χ0) is 20.2. The van der Waals surface area contributed by atoms with Crippen molar-refractivity contribution in [3.63, 3.8) is 0 Å². The van der Waals surface area contributed by atoms with E-state index in [1.165, 1.54) is 46.4 Å². The Morgan fingerprint density at radius 1 is 0.933 bits per heavy atom. The predicted octanol–water partition coefficient (Wildman–Crippen LogP) is 5.48. The van der Waals surface area contributed by atoms with Crippen LogP contribution < -0.4 is 0 Å². The van der Waals surface area contributed by atoms with Gasteiger partial charge < -0.3 is 17.4 Å². The van der Waals surface area contributed by atoms with Gasteiger partial charge in [-0.1, -0.05) is 77.9 Å². The molecule has 2 nitrogen and oxygen atoms in total. The first-order valence-electron chi connectivity index (χ1n) is 9.68. The van der Waals surface area contributed by atoms with Gasteiger partial charge in [-0.05, 0) is 35.2 Å². The van der Waals surface area contributed by atoms with Gasteiger partial charge in [0, 0.05) is 50.2 Å². The molecule has 0 amide bonds. The van der Waals surface area contributed by atoms with Crippen molar-refractivity contribution in [1.29, 1.82) is 0 Å². The minimum atomic E-state index is 0. The summed E-state index contributed by atoms with van der Waals surface area (Å²) >= 11 is 5.87. The summed E-state index contributed by atoms with van der Waals surface area (Å²) in [4.78, 5) is 13.5. The van der Waals surface area contributed by atoms with Crippen LogP contribution in [0.15, 0.2) is 78.9 Å². The van der Waals surface area contributed by atoms with Crippen molar-refractivity contribution in [2.24, 2.45) is 0 Å². The summed E-state index contributed by atoms with van der Waals surface area (Å²) in [6, 6.07) is 27.9. The Kier molecular flexibility index (Phi) is 7.99. The molecule has 0 saturated carbocycles. The number of hydrogen-bond donors (Lipinski definition) is 0. The number of para-hydroxylation sites is 1. The zero-order valence-corrected chi connectivity index (χ0v) is 20.5. The number of rotatable bonds is 2. The largest absolute Gasteiger partial charge is 0.780 e. The van der Waals surface area contributed by atoms with Crippen molar-refractivity contribution < 1.29 is 37.5 Å². The van der Waals surface area contributed by atoms with Crippen LogP contribution in [0.4, 0.5) is 0 Å². The fourth-order valence-electron chi connectivity index (χ4n) is 3.90. The summed E-state index contributed by atoms with van der Waals surface area (Å²) in [7, 11) is 0. The molecule has 1 aliphatic carbocycles. The van der Waals surface area contributed by atoms with Gasteiger partial charge in [0.1, 0.15) is 0 Å². The first-order chi connectivity index (χ1) is 14.2. The standard InChI is InChI=1S/C24H19NS.C2H3O.Y/c26-24-21-7-3-1-6-18(21)15-19-10-9-16(14-22(19)24)13-20-12-11-17-5-2-4-8-23(17)25-20;1-2-3;/h1-12,14,24,26H,13,15H2;1H3;/q;-1;/p-1. The molecule has 1 aliphatic rings. The van der Waals surface area contributed by atoms with E-state index in [1.807, 2.05) is 6.07 Å². The summed E-state index contributed by atoms with van der Waals surface area (Å²) in [5, 5.41) is 1.23. The van der Waals surface area contributed by atoms with Crippen LogP contribution in [-0.4, -0.2) is 11.3 Å². The van der Waals surface area contributed by atoms with Gasteiger partial charge in [-0.15, -0.1) is 5.25 Å². The normalized spacial score (nSPS) is 13.9. The van der Waals surface area contributed by atoms with Crippen LogP contribution in [0.5, 0.6) is 0 Å². The smallest absolute Gasteiger partial charge is 0.0705 e. The molecule has 4 aromatic rings. The average molecular weight is 484 g/mol. The third-order valence-corrected chi connectivity index (χ3v) is 5.76. The molecule has 147 valence electrons. The number of carbonyl (C=O) groups excluding carboxylic acids is 1. The monoisotopic (exact) mass is 484 g/mol. The van der Waals surface area contributed by atoms with E-state index in [1.54, 1.807) is 0 Å². The maximum atomic E-state index is 8.68.